The number of anilines is 1. The molecule has 1 aromatic heterocycles. The lowest BCUT2D eigenvalue weighted by Gasteiger charge is -2.34. The van der Waals surface area contributed by atoms with Crippen molar-refractivity contribution in [2.45, 2.75) is 0 Å². The molecule has 0 bridgehead atoms. The van der Waals surface area contributed by atoms with Gasteiger partial charge in [-0.15, -0.1) is 0 Å². The Balaban J connectivity index is 1.44. The van der Waals surface area contributed by atoms with Gasteiger partial charge in [-0.2, -0.15) is 0 Å². The second kappa shape index (κ2) is 11.2. The van der Waals surface area contributed by atoms with E-state index in [4.69, 9.17) is 5.73 Å². The number of benzene rings is 2. The van der Waals surface area contributed by atoms with Crippen LogP contribution in [-0.4, -0.2) is 64.5 Å². The van der Waals surface area contributed by atoms with Crippen LogP contribution in [-0.2, 0) is 9.59 Å². The Kier molecular flexibility index (Phi) is 7.63. The predicted octanol–water partition coefficient (Wildman–Crippen LogP) is 2.86. The molecule has 0 spiro atoms. The molecule has 37 heavy (non-hydrogen) atoms. The SMILES string of the molecule is C=C/C=C\C=C(/N)C(=O)Nc1cccc2c(C(=O)C(=O)N3CCN(C(=O)c4ccccc4)CC3)c[nH]c12. The van der Waals surface area contributed by atoms with Crippen molar-refractivity contribution in [1.82, 2.24) is 14.8 Å². The number of amides is 3. The van der Waals surface area contributed by atoms with Crippen LogP contribution in [0.4, 0.5) is 5.69 Å². The molecule has 0 atom stereocenters. The van der Waals surface area contributed by atoms with Gasteiger partial charge >= 0.3 is 0 Å². The van der Waals surface area contributed by atoms with Crippen molar-refractivity contribution in [2.75, 3.05) is 31.5 Å². The highest BCUT2D eigenvalue weighted by molar-refractivity contribution is 6.45. The number of carbonyl (C=O) groups excluding carboxylic acids is 4. The Labute approximate surface area is 213 Å². The molecule has 3 amide bonds. The predicted molar refractivity (Wildman–Crippen MR) is 142 cm³/mol. The van der Waals surface area contributed by atoms with E-state index in [-0.39, 0.29) is 30.3 Å². The van der Waals surface area contributed by atoms with Crippen molar-refractivity contribution in [2.24, 2.45) is 5.73 Å². The van der Waals surface area contributed by atoms with Crippen LogP contribution in [0.15, 0.2) is 91.3 Å². The molecule has 1 fully saturated rings. The van der Waals surface area contributed by atoms with Gasteiger partial charge in [0.15, 0.2) is 0 Å². The van der Waals surface area contributed by atoms with E-state index in [2.05, 4.69) is 16.9 Å². The fourth-order valence-electron chi connectivity index (χ4n) is 4.09. The number of hydrogen-bond acceptors (Lipinski definition) is 5. The molecule has 3 aromatic rings. The molecule has 2 aromatic carbocycles. The quantitative estimate of drug-likeness (QED) is 0.200. The molecule has 0 unspecified atom stereocenters. The Morgan fingerprint density at radius 3 is 2.32 bits per heavy atom. The molecule has 4 N–H and O–H groups in total. The number of para-hydroxylation sites is 1. The second-order valence-electron chi connectivity index (χ2n) is 8.41. The number of fused-ring (bicyclic) bond motifs is 1. The molecule has 188 valence electrons. The van der Waals surface area contributed by atoms with Gasteiger partial charge in [0, 0.05) is 43.3 Å². The maximum atomic E-state index is 13.1. The average molecular weight is 498 g/mol. The van der Waals surface area contributed by atoms with Crippen molar-refractivity contribution in [3.8, 4) is 0 Å². The molecule has 0 saturated carbocycles. The normalized spacial score (nSPS) is 14.1. The smallest absolute Gasteiger partial charge is 0.295 e. The van der Waals surface area contributed by atoms with Crippen molar-refractivity contribution in [3.05, 3.63) is 102 Å². The molecule has 1 aliphatic heterocycles. The highest BCUT2D eigenvalue weighted by Crippen LogP contribution is 2.26. The fourth-order valence-corrected chi connectivity index (χ4v) is 4.09. The summed E-state index contributed by atoms with van der Waals surface area (Å²) in [4.78, 5) is 57.4. The van der Waals surface area contributed by atoms with Crippen molar-refractivity contribution in [1.29, 1.82) is 0 Å². The van der Waals surface area contributed by atoms with Crippen LogP contribution in [0.3, 0.4) is 0 Å². The zero-order valence-corrected chi connectivity index (χ0v) is 20.1. The number of piperazine rings is 1. The Bertz CT molecular complexity index is 1410. The minimum Gasteiger partial charge on any atom is -0.394 e. The first kappa shape index (κ1) is 25.2. The summed E-state index contributed by atoms with van der Waals surface area (Å²) in [5.74, 6) is -1.91. The number of nitrogens with zero attached hydrogens (tertiary/aromatic N) is 2. The van der Waals surface area contributed by atoms with E-state index in [1.54, 1.807) is 65.6 Å². The van der Waals surface area contributed by atoms with E-state index in [9.17, 15) is 19.2 Å². The average Bonchev–Trinajstić information content (AvgIpc) is 3.37. The van der Waals surface area contributed by atoms with Gasteiger partial charge < -0.3 is 25.8 Å². The monoisotopic (exact) mass is 497 g/mol. The van der Waals surface area contributed by atoms with E-state index >= 15 is 0 Å². The van der Waals surface area contributed by atoms with Crippen LogP contribution in [0.1, 0.15) is 20.7 Å². The highest BCUT2D eigenvalue weighted by atomic mass is 16.2. The third-order valence-electron chi connectivity index (χ3n) is 6.06. The van der Waals surface area contributed by atoms with Crippen LogP contribution in [0.2, 0.25) is 0 Å². The van der Waals surface area contributed by atoms with Gasteiger partial charge in [0.05, 0.1) is 22.5 Å². The summed E-state index contributed by atoms with van der Waals surface area (Å²) in [5.41, 5.74) is 7.53. The lowest BCUT2D eigenvalue weighted by Crippen LogP contribution is -2.52. The van der Waals surface area contributed by atoms with Crippen LogP contribution in [0.25, 0.3) is 10.9 Å². The molecule has 2 heterocycles. The van der Waals surface area contributed by atoms with Crippen LogP contribution >= 0.6 is 0 Å². The third-order valence-corrected chi connectivity index (χ3v) is 6.06. The molecule has 9 heteroatoms. The molecular weight excluding hydrogens is 470 g/mol. The summed E-state index contributed by atoms with van der Waals surface area (Å²) in [6, 6.07) is 14.0. The number of rotatable bonds is 7. The summed E-state index contributed by atoms with van der Waals surface area (Å²) in [5, 5.41) is 3.22. The maximum Gasteiger partial charge on any atom is 0.295 e. The Hall–Kier alpha value is -4.92. The van der Waals surface area contributed by atoms with E-state index < -0.39 is 17.6 Å². The number of nitrogens with one attached hydrogen (secondary N) is 2. The standard InChI is InChI=1S/C28H27N5O4/c1-2-3-5-12-22(29)26(35)31-23-13-8-11-20-21(18-30-24(20)23)25(34)28(37)33-16-14-32(15-17-33)27(36)19-9-6-4-7-10-19/h2-13,18,30H,1,14-17,29H2,(H,31,35)/b5-3-,22-12-. The molecule has 9 nitrogen and oxygen atoms in total. The molecule has 4 rings (SSSR count). The number of H-pyrrole nitrogens is 1. The van der Waals surface area contributed by atoms with E-state index in [0.717, 1.165) is 0 Å². The number of hydrogen-bond donors (Lipinski definition) is 3. The highest BCUT2D eigenvalue weighted by Gasteiger charge is 2.30. The zero-order valence-electron chi connectivity index (χ0n) is 20.1. The molecule has 1 saturated heterocycles. The van der Waals surface area contributed by atoms with E-state index in [0.29, 0.717) is 35.2 Å². The van der Waals surface area contributed by atoms with Crippen molar-refractivity contribution < 1.29 is 19.2 Å². The number of ketones is 1. The molecule has 0 radical (unpaired) electrons. The first-order valence-electron chi connectivity index (χ1n) is 11.7. The van der Waals surface area contributed by atoms with Gasteiger partial charge in [0.1, 0.15) is 0 Å². The summed E-state index contributed by atoms with van der Waals surface area (Å²) >= 11 is 0. The number of nitrogens with two attached hydrogens (primary N) is 1. The van der Waals surface area contributed by atoms with Crippen LogP contribution in [0, 0.1) is 0 Å². The summed E-state index contributed by atoms with van der Waals surface area (Å²) in [6.07, 6.45) is 7.71. The van der Waals surface area contributed by atoms with E-state index in [1.807, 2.05) is 6.07 Å². The number of carbonyl (C=O) groups is 4. The second-order valence-corrected chi connectivity index (χ2v) is 8.41. The third kappa shape index (κ3) is 5.51. The van der Waals surface area contributed by atoms with Crippen molar-refractivity contribution in [3.63, 3.8) is 0 Å². The topological polar surface area (TPSA) is 129 Å². The largest absolute Gasteiger partial charge is 0.394 e. The van der Waals surface area contributed by atoms with Gasteiger partial charge in [-0.1, -0.05) is 55.1 Å². The maximum absolute atomic E-state index is 13.1. The number of aromatic amines is 1. The first-order valence-corrected chi connectivity index (χ1v) is 11.7. The fraction of sp³-hybridized carbons (Fsp3) is 0.143. The van der Waals surface area contributed by atoms with Crippen LogP contribution in [0.5, 0.6) is 0 Å². The van der Waals surface area contributed by atoms with Crippen LogP contribution < -0.4 is 11.1 Å². The minimum absolute atomic E-state index is 0.00183. The Morgan fingerprint density at radius 2 is 1.62 bits per heavy atom. The lowest BCUT2D eigenvalue weighted by molar-refractivity contribution is -0.127. The molecule has 1 aliphatic rings. The van der Waals surface area contributed by atoms with Gasteiger partial charge in [-0.05, 0) is 24.3 Å². The van der Waals surface area contributed by atoms with Gasteiger partial charge in [0.25, 0.3) is 23.5 Å². The number of Topliss-reactive ketones (excluding diaryl/α,β-unsaturated/α-hetero) is 1. The molecular formula is C28H27N5O4. The lowest BCUT2D eigenvalue weighted by atomic mass is 10.1. The number of aromatic nitrogens is 1. The van der Waals surface area contributed by atoms with Gasteiger partial charge in [-0.3, -0.25) is 19.2 Å². The van der Waals surface area contributed by atoms with Gasteiger partial charge in [0.2, 0.25) is 0 Å². The van der Waals surface area contributed by atoms with E-state index in [1.165, 1.54) is 17.2 Å². The first-order chi connectivity index (χ1) is 17.9. The molecule has 0 aliphatic carbocycles. The summed E-state index contributed by atoms with van der Waals surface area (Å²) < 4.78 is 0. The van der Waals surface area contributed by atoms with Crippen molar-refractivity contribution >= 4 is 40.1 Å². The minimum atomic E-state index is -0.661. The zero-order chi connectivity index (χ0) is 26.4. The number of allylic oxidation sites excluding steroid dienone is 4. The van der Waals surface area contributed by atoms with Gasteiger partial charge in [-0.25, -0.2) is 0 Å². The Morgan fingerprint density at radius 1 is 0.919 bits per heavy atom. The summed E-state index contributed by atoms with van der Waals surface area (Å²) in [6.45, 7) is 4.76. The summed E-state index contributed by atoms with van der Waals surface area (Å²) in [7, 11) is 0.